The Hall–Kier alpha value is -0.770. The van der Waals surface area contributed by atoms with Crippen LogP contribution in [0, 0.1) is 6.54 Å². The average molecular weight is 201 g/mol. The molecular formula is C10H21N2O2. The Morgan fingerprint density at radius 3 is 2.57 bits per heavy atom. The Kier molecular flexibility index (Phi) is 6.28. The highest BCUT2D eigenvalue weighted by molar-refractivity contribution is 5.68. The van der Waals surface area contributed by atoms with Crippen molar-refractivity contribution in [3.63, 3.8) is 0 Å². The van der Waals surface area contributed by atoms with E-state index >= 15 is 0 Å². The molecule has 3 N–H and O–H groups in total. The van der Waals surface area contributed by atoms with Gasteiger partial charge in [0.1, 0.15) is 5.60 Å². The number of carbonyl (C=O) groups excluding carboxylic acids is 1. The zero-order valence-corrected chi connectivity index (χ0v) is 9.30. The molecule has 4 heteroatoms. The first-order chi connectivity index (χ1) is 6.45. The highest BCUT2D eigenvalue weighted by Crippen LogP contribution is 2.06. The van der Waals surface area contributed by atoms with E-state index in [2.05, 4.69) is 5.32 Å². The molecule has 14 heavy (non-hydrogen) atoms. The summed E-state index contributed by atoms with van der Waals surface area (Å²) >= 11 is 0. The second kappa shape index (κ2) is 6.65. The van der Waals surface area contributed by atoms with E-state index in [4.69, 9.17) is 10.5 Å². The number of amides is 1. The summed E-state index contributed by atoms with van der Waals surface area (Å²) in [6.07, 6.45) is 2.40. The Morgan fingerprint density at radius 1 is 1.43 bits per heavy atom. The molecule has 0 aliphatic rings. The topological polar surface area (TPSA) is 64.3 Å². The maximum Gasteiger partial charge on any atom is 0.407 e. The molecule has 83 valence electrons. The van der Waals surface area contributed by atoms with E-state index in [1.54, 1.807) is 6.54 Å². The van der Waals surface area contributed by atoms with E-state index in [0.29, 0.717) is 6.54 Å². The molecule has 1 amide bonds. The van der Waals surface area contributed by atoms with Gasteiger partial charge in [-0.1, -0.05) is 6.42 Å². The lowest BCUT2D eigenvalue weighted by Gasteiger charge is -2.19. The van der Waals surface area contributed by atoms with Crippen LogP contribution in [-0.4, -0.2) is 18.2 Å². The number of rotatable bonds is 5. The standard InChI is InChI=1S/C10H21N2O2/c1-10(2,3)14-9(13)12-8-6-4-5-7-11/h8H,4-7,11H2,1-3H3,(H,12,13). The summed E-state index contributed by atoms with van der Waals surface area (Å²) in [5.41, 5.74) is 4.89. The van der Waals surface area contributed by atoms with Gasteiger partial charge in [-0.15, -0.1) is 0 Å². The number of nitrogens with one attached hydrogen (secondary N) is 1. The molecule has 0 saturated heterocycles. The molecule has 4 nitrogen and oxygen atoms in total. The molecule has 1 radical (unpaired) electrons. The first kappa shape index (κ1) is 13.2. The molecule has 0 bridgehead atoms. The van der Waals surface area contributed by atoms with Crippen molar-refractivity contribution in [1.29, 1.82) is 0 Å². The van der Waals surface area contributed by atoms with Crippen LogP contribution in [0.2, 0.25) is 0 Å². The molecular weight excluding hydrogens is 180 g/mol. The van der Waals surface area contributed by atoms with Gasteiger partial charge in [0.2, 0.25) is 0 Å². The summed E-state index contributed by atoms with van der Waals surface area (Å²) in [4.78, 5) is 11.1. The number of carbonyl (C=O) groups is 1. The Bertz CT molecular complexity index is 164. The molecule has 0 aliphatic carbocycles. The van der Waals surface area contributed by atoms with Crippen molar-refractivity contribution in [2.45, 2.75) is 45.6 Å². The summed E-state index contributed by atoms with van der Waals surface area (Å²) in [6.45, 7) is 7.91. The van der Waals surface area contributed by atoms with Crippen LogP contribution in [0.3, 0.4) is 0 Å². The van der Waals surface area contributed by atoms with Crippen molar-refractivity contribution >= 4 is 6.09 Å². The quantitative estimate of drug-likeness (QED) is 0.667. The molecule has 0 aromatic carbocycles. The smallest absolute Gasteiger partial charge is 0.407 e. The number of nitrogens with two attached hydrogens (primary N) is 1. The molecule has 0 rings (SSSR count). The Balaban J connectivity index is 3.36. The molecule has 0 heterocycles. The van der Waals surface area contributed by atoms with Crippen LogP contribution in [0.25, 0.3) is 0 Å². The molecule has 0 aromatic heterocycles. The highest BCUT2D eigenvalue weighted by atomic mass is 16.6. The van der Waals surface area contributed by atoms with E-state index in [1.807, 2.05) is 20.8 Å². The molecule has 0 aromatic rings. The molecule has 0 atom stereocenters. The number of hydrogen-bond acceptors (Lipinski definition) is 3. The molecule has 0 saturated carbocycles. The van der Waals surface area contributed by atoms with Crippen molar-refractivity contribution in [2.75, 3.05) is 6.54 Å². The predicted molar refractivity (Wildman–Crippen MR) is 56.6 cm³/mol. The number of unbranched alkanes of at least 4 members (excludes halogenated alkanes) is 2. The normalized spacial score (nSPS) is 11.1. The number of ether oxygens (including phenoxy) is 1. The van der Waals surface area contributed by atoms with Gasteiger partial charge in [-0.2, -0.15) is 0 Å². The summed E-state index contributed by atoms with van der Waals surface area (Å²) in [5, 5.41) is 2.57. The number of hydrogen-bond donors (Lipinski definition) is 2. The van der Waals surface area contributed by atoms with Gasteiger partial charge in [-0.3, -0.25) is 0 Å². The summed E-state index contributed by atoms with van der Waals surface area (Å²) in [6, 6.07) is 0. The van der Waals surface area contributed by atoms with Gasteiger partial charge in [0.25, 0.3) is 0 Å². The lowest BCUT2D eigenvalue weighted by Crippen LogP contribution is -2.31. The third-order valence-electron chi connectivity index (χ3n) is 1.42. The monoisotopic (exact) mass is 201 g/mol. The van der Waals surface area contributed by atoms with Gasteiger partial charge in [-0.25, -0.2) is 4.79 Å². The van der Waals surface area contributed by atoms with E-state index in [9.17, 15) is 4.79 Å². The minimum Gasteiger partial charge on any atom is -0.444 e. The second-order valence-corrected chi connectivity index (χ2v) is 4.13. The van der Waals surface area contributed by atoms with Gasteiger partial charge < -0.3 is 15.8 Å². The van der Waals surface area contributed by atoms with Gasteiger partial charge in [0.05, 0.1) is 6.54 Å². The molecule has 0 unspecified atom stereocenters. The van der Waals surface area contributed by atoms with Crippen LogP contribution >= 0.6 is 0 Å². The lowest BCUT2D eigenvalue weighted by atomic mass is 10.2. The maximum absolute atomic E-state index is 11.1. The van der Waals surface area contributed by atoms with Crippen LogP contribution in [0.4, 0.5) is 4.79 Å². The molecule has 0 fully saturated rings. The van der Waals surface area contributed by atoms with E-state index in [-0.39, 0.29) is 0 Å². The zero-order chi connectivity index (χ0) is 11.0. The van der Waals surface area contributed by atoms with Crippen LogP contribution in [0.15, 0.2) is 0 Å². The minimum atomic E-state index is -0.435. The minimum absolute atomic E-state index is 0.398. The third kappa shape index (κ3) is 9.32. The first-order valence-corrected chi connectivity index (χ1v) is 4.97. The molecule has 0 spiro atoms. The van der Waals surface area contributed by atoms with Gasteiger partial charge in [0, 0.05) is 0 Å². The number of alkyl carbamates (subject to hydrolysis) is 1. The van der Waals surface area contributed by atoms with Crippen LogP contribution in [0.5, 0.6) is 0 Å². The van der Waals surface area contributed by atoms with Crippen molar-refractivity contribution in [2.24, 2.45) is 5.73 Å². The van der Waals surface area contributed by atoms with Gasteiger partial charge >= 0.3 is 6.09 Å². The van der Waals surface area contributed by atoms with Crippen LogP contribution in [0.1, 0.15) is 40.0 Å². The third-order valence-corrected chi connectivity index (χ3v) is 1.42. The summed E-state index contributed by atoms with van der Waals surface area (Å²) in [5.74, 6) is 0. The zero-order valence-electron chi connectivity index (χ0n) is 9.30. The van der Waals surface area contributed by atoms with Crippen molar-refractivity contribution in [1.82, 2.24) is 5.32 Å². The second-order valence-electron chi connectivity index (χ2n) is 4.13. The Morgan fingerprint density at radius 2 is 2.07 bits per heavy atom. The molecule has 0 aliphatic heterocycles. The SMILES string of the molecule is CC(C)(C)OC(=O)N[CH]CCCCN. The predicted octanol–water partition coefficient (Wildman–Crippen LogP) is 1.80. The largest absolute Gasteiger partial charge is 0.444 e. The maximum atomic E-state index is 11.1. The van der Waals surface area contributed by atoms with Crippen LogP contribution in [-0.2, 0) is 4.74 Å². The van der Waals surface area contributed by atoms with E-state index in [0.717, 1.165) is 19.3 Å². The van der Waals surface area contributed by atoms with Gasteiger partial charge in [-0.05, 0) is 40.2 Å². The van der Waals surface area contributed by atoms with Crippen molar-refractivity contribution in [3.8, 4) is 0 Å². The first-order valence-electron chi connectivity index (χ1n) is 4.97. The van der Waals surface area contributed by atoms with Crippen LogP contribution < -0.4 is 11.1 Å². The van der Waals surface area contributed by atoms with Gasteiger partial charge in [0.15, 0.2) is 0 Å². The summed E-state index contributed by atoms with van der Waals surface area (Å²) in [7, 11) is 0. The van der Waals surface area contributed by atoms with E-state index < -0.39 is 11.7 Å². The average Bonchev–Trinajstić information content (AvgIpc) is 2.00. The fourth-order valence-electron chi connectivity index (χ4n) is 0.854. The highest BCUT2D eigenvalue weighted by Gasteiger charge is 2.15. The Labute approximate surface area is 86.2 Å². The van der Waals surface area contributed by atoms with Crippen molar-refractivity contribution < 1.29 is 9.53 Å². The summed E-state index contributed by atoms with van der Waals surface area (Å²) < 4.78 is 5.04. The fourth-order valence-corrected chi connectivity index (χ4v) is 0.854. The lowest BCUT2D eigenvalue weighted by molar-refractivity contribution is 0.0541. The van der Waals surface area contributed by atoms with E-state index in [1.165, 1.54) is 0 Å². The fraction of sp³-hybridized carbons (Fsp3) is 0.800. The van der Waals surface area contributed by atoms with Crippen molar-refractivity contribution in [3.05, 3.63) is 6.54 Å².